The van der Waals surface area contributed by atoms with E-state index in [4.69, 9.17) is 44.3 Å². The lowest BCUT2D eigenvalue weighted by Crippen LogP contribution is -2.09. The predicted octanol–water partition coefficient (Wildman–Crippen LogP) is 7.44. The van der Waals surface area contributed by atoms with Gasteiger partial charge in [-0.2, -0.15) is 5.10 Å². The number of aromatic nitrogens is 2. The summed E-state index contributed by atoms with van der Waals surface area (Å²) in [4.78, 5) is 12.6. The first-order valence-corrected chi connectivity index (χ1v) is 12.5. The first kappa shape index (κ1) is 26.6. The van der Waals surface area contributed by atoms with E-state index in [1.807, 2.05) is 55.5 Å². The normalized spacial score (nSPS) is 11.1. The van der Waals surface area contributed by atoms with Gasteiger partial charge in [0, 0.05) is 27.9 Å². The maximum absolute atomic E-state index is 12.6. The Balaban J connectivity index is 1.40. The van der Waals surface area contributed by atoms with E-state index in [9.17, 15) is 4.79 Å². The molecule has 0 atom stereocenters. The molecule has 1 amide bonds. The Hall–Kier alpha value is -3.45. The standard InChI is InChI=1S/C28H24Cl3N3O3/c1-18-3-9-23(10-4-18)37-17-21-13-19(5-11-26(21)36-2)6-12-27(35)32-28-25(31)16-34(33-28)15-20-7-8-22(29)14-24(20)30/h3-14,16H,15,17H2,1-2H3,(H,32,33,35)/b12-6+. The van der Waals surface area contributed by atoms with Gasteiger partial charge in [-0.05, 0) is 60.5 Å². The van der Waals surface area contributed by atoms with Crippen molar-refractivity contribution in [2.75, 3.05) is 12.4 Å². The van der Waals surface area contributed by atoms with Crippen LogP contribution in [0.15, 0.2) is 72.9 Å². The first-order chi connectivity index (χ1) is 17.8. The fourth-order valence-electron chi connectivity index (χ4n) is 3.53. The van der Waals surface area contributed by atoms with Gasteiger partial charge in [-0.15, -0.1) is 0 Å². The molecule has 0 spiro atoms. The SMILES string of the molecule is COc1ccc(/C=C/C(=O)Nc2nn(Cc3ccc(Cl)cc3Cl)cc2Cl)cc1COc1ccc(C)cc1. The molecule has 37 heavy (non-hydrogen) atoms. The summed E-state index contributed by atoms with van der Waals surface area (Å²) < 4.78 is 13.0. The number of nitrogens with zero attached hydrogens (tertiary/aromatic N) is 2. The number of aryl methyl sites for hydroxylation is 1. The molecular formula is C28H24Cl3N3O3. The van der Waals surface area contributed by atoms with Crippen LogP contribution in [-0.4, -0.2) is 22.8 Å². The molecule has 0 saturated heterocycles. The van der Waals surface area contributed by atoms with Gasteiger partial charge in [-0.1, -0.05) is 64.6 Å². The third-order valence-electron chi connectivity index (χ3n) is 5.45. The lowest BCUT2D eigenvalue weighted by molar-refractivity contribution is -0.111. The molecule has 0 unspecified atom stereocenters. The Bertz CT molecular complexity index is 1430. The molecule has 0 aliphatic rings. The van der Waals surface area contributed by atoms with Crippen molar-refractivity contribution in [1.82, 2.24) is 9.78 Å². The molecular weight excluding hydrogens is 533 g/mol. The molecule has 0 fully saturated rings. The summed E-state index contributed by atoms with van der Waals surface area (Å²) in [6, 6.07) is 18.7. The monoisotopic (exact) mass is 555 g/mol. The number of rotatable bonds is 9. The molecule has 0 aliphatic heterocycles. The van der Waals surface area contributed by atoms with E-state index in [0.29, 0.717) is 34.0 Å². The summed E-state index contributed by atoms with van der Waals surface area (Å²) in [5.41, 5.74) is 3.65. The summed E-state index contributed by atoms with van der Waals surface area (Å²) in [6.07, 6.45) is 4.73. The van der Waals surface area contributed by atoms with Crippen molar-refractivity contribution in [2.24, 2.45) is 0 Å². The summed E-state index contributed by atoms with van der Waals surface area (Å²) in [7, 11) is 1.61. The Morgan fingerprint density at radius 1 is 1.00 bits per heavy atom. The van der Waals surface area contributed by atoms with Crippen LogP contribution < -0.4 is 14.8 Å². The number of benzene rings is 3. The van der Waals surface area contributed by atoms with Crippen LogP contribution in [-0.2, 0) is 17.9 Å². The minimum absolute atomic E-state index is 0.253. The van der Waals surface area contributed by atoms with Crippen molar-refractivity contribution in [3.05, 3.63) is 110 Å². The lowest BCUT2D eigenvalue weighted by Gasteiger charge is -2.11. The molecule has 0 saturated carbocycles. The molecule has 0 bridgehead atoms. The number of halogens is 3. The van der Waals surface area contributed by atoms with Crippen LogP contribution in [0.2, 0.25) is 15.1 Å². The summed E-state index contributed by atoms with van der Waals surface area (Å²) in [5.74, 6) is 1.35. The zero-order valence-electron chi connectivity index (χ0n) is 20.2. The van der Waals surface area contributed by atoms with E-state index in [0.717, 1.165) is 28.0 Å². The number of anilines is 1. The van der Waals surface area contributed by atoms with Crippen molar-refractivity contribution < 1.29 is 14.3 Å². The molecule has 190 valence electrons. The predicted molar refractivity (Wildman–Crippen MR) is 149 cm³/mol. The van der Waals surface area contributed by atoms with Crippen molar-refractivity contribution in [3.63, 3.8) is 0 Å². The number of ether oxygens (including phenoxy) is 2. The topological polar surface area (TPSA) is 65.4 Å². The van der Waals surface area contributed by atoms with Crippen LogP contribution in [0.1, 0.15) is 22.3 Å². The summed E-state index contributed by atoms with van der Waals surface area (Å²) in [6.45, 7) is 2.72. The smallest absolute Gasteiger partial charge is 0.249 e. The quantitative estimate of drug-likeness (QED) is 0.218. The Morgan fingerprint density at radius 3 is 2.51 bits per heavy atom. The van der Waals surface area contributed by atoms with Gasteiger partial charge in [0.15, 0.2) is 5.82 Å². The number of hydrogen-bond acceptors (Lipinski definition) is 4. The third-order valence-corrected chi connectivity index (χ3v) is 6.32. The first-order valence-electron chi connectivity index (χ1n) is 11.3. The molecule has 4 rings (SSSR count). The van der Waals surface area contributed by atoms with Gasteiger partial charge >= 0.3 is 0 Å². The van der Waals surface area contributed by atoms with Crippen molar-refractivity contribution in [2.45, 2.75) is 20.1 Å². The Labute approximate surface area is 230 Å². The van der Waals surface area contributed by atoms with Crippen LogP contribution in [0, 0.1) is 6.92 Å². The maximum Gasteiger partial charge on any atom is 0.249 e. The Morgan fingerprint density at radius 2 is 1.78 bits per heavy atom. The average Bonchev–Trinajstić information content (AvgIpc) is 3.22. The average molecular weight is 557 g/mol. The van der Waals surface area contributed by atoms with Crippen LogP contribution in [0.4, 0.5) is 5.82 Å². The van der Waals surface area contributed by atoms with Crippen LogP contribution in [0.3, 0.4) is 0 Å². The van der Waals surface area contributed by atoms with E-state index in [-0.39, 0.29) is 11.7 Å². The second-order valence-electron chi connectivity index (χ2n) is 8.25. The molecule has 0 aliphatic carbocycles. The van der Waals surface area contributed by atoms with E-state index in [1.165, 1.54) is 6.08 Å². The minimum Gasteiger partial charge on any atom is -0.496 e. The molecule has 6 nitrogen and oxygen atoms in total. The Kier molecular flexibility index (Phi) is 8.77. The minimum atomic E-state index is -0.370. The zero-order chi connectivity index (χ0) is 26.4. The van der Waals surface area contributed by atoms with Gasteiger partial charge in [0.05, 0.1) is 13.7 Å². The van der Waals surface area contributed by atoms with E-state index >= 15 is 0 Å². The maximum atomic E-state index is 12.6. The van der Waals surface area contributed by atoms with Crippen LogP contribution >= 0.6 is 34.8 Å². The molecule has 0 radical (unpaired) electrons. The number of nitrogens with one attached hydrogen (secondary N) is 1. The third kappa shape index (κ3) is 7.29. The van der Waals surface area contributed by atoms with Gasteiger partial charge < -0.3 is 14.8 Å². The highest BCUT2D eigenvalue weighted by Gasteiger charge is 2.11. The zero-order valence-corrected chi connectivity index (χ0v) is 22.4. The highest BCUT2D eigenvalue weighted by molar-refractivity contribution is 6.35. The summed E-state index contributed by atoms with van der Waals surface area (Å²) >= 11 is 18.5. The van der Waals surface area contributed by atoms with Gasteiger partial charge in [-0.25, -0.2) is 0 Å². The van der Waals surface area contributed by atoms with Gasteiger partial charge in [-0.3, -0.25) is 9.48 Å². The highest BCUT2D eigenvalue weighted by Crippen LogP contribution is 2.25. The molecule has 1 N–H and O–H groups in total. The largest absolute Gasteiger partial charge is 0.496 e. The number of hydrogen-bond donors (Lipinski definition) is 1. The molecule has 1 aromatic heterocycles. The molecule has 9 heteroatoms. The summed E-state index contributed by atoms with van der Waals surface area (Å²) in [5, 5.41) is 8.45. The van der Waals surface area contributed by atoms with Gasteiger partial charge in [0.2, 0.25) is 5.91 Å². The second-order valence-corrected chi connectivity index (χ2v) is 9.51. The van der Waals surface area contributed by atoms with Crippen LogP contribution in [0.25, 0.3) is 6.08 Å². The number of amides is 1. The number of carbonyl (C=O) groups excluding carboxylic acids is 1. The lowest BCUT2D eigenvalue weighted by atomic mass is 10.1. The fraction of sp³-hybridized carbons (Fsp3) is 0.143. The number of carbonyl (C=O) groups is 1. The van der Waals surface area contributed by atoms with Crippen molar-refractivity contribution in [3.8, 4) is 11.5 Å². The van der Waals surface area contributed by atoms with E-state index < -0.39 is 0 Å². The number of methoxy groups -OCH3 is 1. The second kappa shape index (κ2) is 12.2. The molecule has 3 aromatic carbocycles. The van der Waals surface area contributed by atoms with E-state index in [1.54, 1.807) is 36.2 Å². The van der Waals surface area contributed by atoms with E-state index in [2.05, 4.69) is 10.4 Å². The van der Waals surface area contributed by atoms with Gasteiger partial charge in [0.25, 0.3) is 0 Å². The molecule has 1 heterocycles. The van der Waals surface area contributed by atoms with Gasteiger partial charge in [0.1, 0.15) is 23.1 Å². The van der Waals surface area contributed by atoms with Crippen LogP contribution in [0.5, 0.6) is 11.5 Å². The molecule has 4 aromatic rings. The van der Waals surface area contributed by atoms with Crippen molar-refractivity contribution in [1.29, 1.82) is 0 Å². The fourth-order valence-corrected chi connectivity index (χ4v) is 4.19. The van der Waals surface area contributed by atoms with Crippen molar-refractivity contribution >= 4 is 52.6 Å². The highest BCUT2D eigenvalue weighted by atomic mass is 35.5.